The van der Waals surface area contributed by atoms with Crippen molar-refractivity contribution in [2.75, 3.05) is 7.11 Å². The van der Waals surface area contributed by atoms with Gasteiger partial charge in [0, 0.05) is 6.92 Å². The quantitative estimate of drug-likeness (QED) is 0.786. The smallest absolute Gasteiger partial charge is 0.333 e. The monoisotopic (exact) mass is 225 g/mol. The maximum absolute atomic E-state index is 13.0. The van der Waals surface area contributed by atoms with E-state index in [4.69, 9.17) is 0 Å². The normalized spacial score (nSPS) is 11.7. The average Bonchev–Trinajstić information content (AvgIpc) is 2.24. The highest BCUT2D eigenvalue weighted by Gasteiger charge is 2.22. The lowest BCUT2D eigenvalue weighted by Gasteiger charge is -2.15. The zero-order valence-electron chi connectivity index (χ0n) is 8.99. The maximum Gasteiger partial charge on any atom is 0.333 e. The first-order chi connectivity index (χ1) is 7.54. The molecule has 0 fully saturated rings. The molecule has 1 amide bonds. The second-order valence-electron chi connectivity index (χ2n) is 3.21. The fourth-order valence-electron chi connectivity index (χ4n) is 1.29. The molecule has 0 aliphatic heterocycles. The number of carbonyl (C=O) groups excluding carboxylic acids is 2. The SMILES string of the molecule is COC(=O)C(NC(C)=O)c1cccc(F)c1. The Labute approximate surface area is 92.4 Å². The van der Waals surface area contributed by atoms with E-state index >= 15 is 0 Å². The summed E-state index contributed by atoms with van der Waals surface area (Å²) in [5.41, 5.74) is 0.349. The van der Waals surface area contributed by atoms with E-state index < -0.39 is 17.8 Å². The van der Waals surface area contributed by atoms with Crippen LogP contribution in [-0.2, 0) is 14.3 Å². The van der Waals surface area contributed by atoms with Gasteiger partial charge < -0.3 is 10.1 Å². The standard InChI is InChI=1S/C11H12FNO3/c1-7(14)13-10(11(15)16-2)8-4-3-5-9(12)6-8/h3-6,10H,1-2H3,(H,13,14). The van der Waals surface area contributed by atoms with Gasteiger partial charge in [0.15, 0.2) is 6.04 Å². The summed E-state index contributed by atoms with van der Waals surface area (Å²) < 4.78 is 17.5. The van der Waals surface area contributed by atoms with Gasteiger partial charge in [-0.15, -0.1) is 0 Å². The number of benzene rings is 1. The molecule has 1 atom stereocenters. The predicted octanol–water partition coefficient (Wildman–Crippen LogP) is 1.18. The number of carbonyl (C=O) groups is 2. The lowest BCUT2D eigenvalue weighted by atomic mass is 10.1. The van der Waals surface area contributed by atoms with E-state index in [2.05, 4.69) is 10.1 Å². The number of nitrogens with one attached hydrogen (secondary N) is 1. The number of esters is 1. The lowest BCUT2D eigenvalue weighted by molar-refractivity contribution is -0.145. The van der Waals surface area contributed by atoms with Gasteiger partial charge in [0.2, 0.25) is 5.91 Å². The van der Waals surface area contributed by atoms with Crippen LogP contribution >= 0.6 is 0 Å². The Bertz CT molecular complexity index is 406. The number of amides is 1. The van der Waals surface area contributed by atoms with E-state index in [-0.39, 0.29) is 5.91 Å². The molecular formula is C11H12FNO3. The Balaban J connectivity index is 3.00. The predicted molar refractivity (Wildman–Crippen MR) is 55.0 cm³/mol. The van der Waals surface area contributed by atoms with E-state index in [1.54, 1.807) is 6.07 Å². The summed E-state index contributed by atoms with van der Waals surface area (Å²) in [6.07, 6.45) is 0. The van der Waals surface area contributed by atoms with Crippen LogP contribution in [0.1, 0.15) is 18.5 Å². The van der Waals surface area contributed by atoms with E-state index in [0.29, 0.717) is 5.56 Å². The third kappa shape index (κ3) is 3.05. The summed E-state index contributed by atoms with van der Waals surface area (Å²) in [5.74, 6) is -1.50. The van der Waals surface area contributed by atoms with Crippen LogP contribution in [0.15, 0.2) is 24.3 Å². The molecule has 86 valence electrons. The minimum atomic E-state index is -0.974. The van der Waals surface area contributed by atoms with Crippen LogP contribution in [0.3, 0.4) is 0 Å². The Kier molecular flexibility index (Phi) is 3.99. The molecule has 4 nitrogen and oxygen atoms in total. The number of hydrogen-bond donors (Lipinski definition) is 1. The van der Waals surface area contributed by atoms with Crippen molar-refractivity contribution in [3.8, 4) is 0 Å². The van der Waals surface area contributed by atoms with Crippen LogP contribution in [0.4, 0.5) is 4.39 Å². The summed E-state index contributed by atoms with van der Waals surface area (Å²) in [7, 11) is 1.20. The highest BCUT2D eigenvalue weighted by molar-refractivity contribution is 5.84. The van der Waals surface area contributed by atoms with Crippen LogP contribution in [0, 0.1) is 5.82 Å². The third-order valence-electron chi connectivity index (χ3n) is 1.97. The van der Waals surface area contributed by atoms with Crippen molar-refractivity contribution >= 4 is 11.9 Å². The van der Waals surface area contributed by atoms with Crippen LogP contribution in [-0.4, -0.2) is 19.0 Å². The van der Waals surface area contributed by atoms with Gasteiger partial charge in [0.05, 0.1) is 7.11 Å². The summed E-state index contributed by atoms with van der Waals surface area (Å²) in [6.45, 7) is 1.27. The van der Waals surface area contributed by atoms with E-state index in [0.717, 1.165) is 0 Å². The van der Waals surface area contributed by atoms with Crippen molar-refractivity contribution in [1.29, 1.82) is 0 Å². The van der Waals surface area contributed by atoms with Gasteiger partial charge in [0.1, 0.15) is 5.82 Å². The molecule has 0 aromatic heterocycles. The Morgan fingerprint density at radius 2 is 2.12 bits per heavy atom. The van der Waals surface area contributed by atoms with Crippen molar-refractivity contribution in [3.05, 3.63) is 35.6 Å². The molecule has 16 heavy (non-hydrogen) atoms. The molecule has 0 aliphatic carbocycles. The van der Waals surface area contributed by atoms with Crippen molar-refractivity contribution < 1.29 is 18.7 Å². The zero-order valence-corrected chi connectivity index (χ0v) is 8.99. The number of halogens is 1. The highest BCUT2D eigenvalue weighted by atomic mass is 19.1. The number of rotatable bonds is 3. The summed E-state index contributed by atoms with van der Waals surface area (Å²) in [5, 5.41) is 2.39. The lowest BCUT2D eigenvalue weighted by Crippen LogP contribution is -2.32. The van der Waals surface area contributed by atoms with Crippen LogP contribution in [0.5, 0.6) is 0 Å². The molecule has 1 N–H and O–H groups in total. The Hall–Kier alpha value is -1.91. The van der Waals surface area contributed by atoms with Crippen LogP contribution in [0.2, 0.25) is 0 Å². The van der Waals surface area contributed by atoms with Crippen LogP contribution < -0.4 is 5.32 Å². The van der Waals surface area contributed by atoms with Gasteiger partial charge >= 0.3 is 5.97 Å². The van der Waals surface area contributed by atoms with Gasteiger partial charge in [-0.1, -0.05) is 12.1 Å². The molecule has 0 saturated heterocycles. The Morgan fingerprint density at radius 1 is 1.44 bits per heavy atom. The second-order valence-corrected chi connectivity index (χ2v) is 3.21. The molecule has 0 radical (unpaired) electrons. The molecule has 1 aromatic rings. The topological polar surface area (TPSA) is 55.4 Å². The third-order valence-corrected chi connectivity index (χ3v) is 1.97. The van der Waals surface area contributed by atoms with Crippen molar-refractivity contribution in [2.45, 2.75) is 13.0 Å². The summed E-state index contributed by atoms with van der Waals surface area (Å²) >= 11 is 0. The van der Waals surface area contributed by atoms with Crippen molar-refractivity contribution in [1.82, 2.24) is 5.32 Å². The average molecular weight is 225 g/mol. The number of methoxy groups -OCH3 is 1. The van der Waals surface area contributed by atoms with E-state index in [1.807, 2.05) is 0 Å². The van der Waals surface area contributed by atoms with Crippen molar-refractivity contribution in [3.63, 3.8) is 0 Å². The summed E-state index contributed by atoms with van der Waals surface area (Å²) in [6, 6.07) is 4.46. The van der Waals surface area contributed by atoms with Crippen molar-refractivity contribution in [2.24, 2.45) is 0 Å². The van der Waals surface area contributed by atoms with E-state index in [1.165, 1.54) is 32.2 Å². The molecule has 0 spiro atoms. The molecular weight excluding hydrogens is 213 g/mol. The molecule has 1 rings (SSSR count). The highest BCUT2D eigenvalue weighted by Crippen LogP contribution is 2.15. The van der Waals surface area contributed by atoms with Gasteiger partial charge in [-0.3, -0.25) is 4.79 Å². The zero-order chi connectivity index (χ0) is 12.1. The minimum Gasteiger partial charge on any atom is -0.467 e. The van der Waals surface area contributed by atoms with Gasteiger partial charge in [0.25, 0.3) is 0 Å². The fourth-order valence-corrected chi connectivity index (χ4v) is 1.29. The first-order valence-electron chi connectivity index (χ1n) is 4.65. The molecule has 0 saturated carbocycles. The van der Waals surface area contributed by atoms with Gasteiger partial charge in [-0.05, 0) is 17.7 Å². The first-order valence-corrected chi connectivity index (χ1v) is 4.65. The first kappa shape index (κ1) is 12.2. The minimum absolute atomic E-state index is 0.349. The molecule has 1 aromatic carbocycles. The largest absolute Gasteiger partial charge is 0.467 e. The van der Waals surface area contributed by atoms with Gasteiger partial charge in [-0.25, -0.2) is 9.18 Å². The molecule has 1 unspecified atom stereocenters. The number of ether oxygens (including phenoxy) is 1. The van der Waals surface area contributed by atoms with Crippen LogP contribution in [0.25, 0.3) is 0 Å². The van der Waals surface area contributed by atoms with Gasteiger partial charge in [-0.2, -0.15) is 0 Å². The number of hydrogen-bond acceptors (Lipinski definition) is 3. The molecule has 5 heteroatoms. The molecule has 0 bridgehead atoms. The van der Waals surface area contributed by atoms with E-state index in [9.17, 15) is 14.0 Å². The second kappa shape index (κ2) is 5.25. The molecule has 0 heterocycles. The Morgan fingerprint density at radius 3 is 2.62 bits per heavy atom. The summed E-state index contributed by atoms with van der Waals surface area (Å²) in [4.78, 5) is 22.3. The maximum atomic E-state index is 13.0. The molecule has 0 aliphatic rings. The fraction of sp³-hybridized carbons (Fsp3) is 0.273.